The van der Waals surface area contributed by atoms with E-state index < -0.39 is 32.6 Å². The van der Waals surface area contributed by atoms with Gasteiger partial charge in [-0.2, -0.15) is 0 Å². The Balaban J connectivity index is 2.29. The Kier molecular flexibility index (Phi) is 4.63. The average molecular weight is 325 g/mol. The lowest BCUT2D eigenvalue weighted by molar-refractivity contribution is 0.536. The molecule has 22 heavy (non-hydrogen) atoms. The molecule has 0 spiro atoms. The molecule has 2 rings (SSSR count). The quantitative estimate of drug-likeness (QED) is 0.933. The van der Waals surface area contributed by atoms with Crippen molar-refractivity contribution < 1.29 is 17.2 Å². The number of aryl methyl sites for hydroxylation is 2. The van der Waals surface area contributed by atoms with Crippen molar-refractivity contribution in [2.45, 2.75) is 31.7 Å². The number of sulfonamides is 1. The predicted molar refractivity (Wildman–Crippen MR) is 81.0 cm³/mol. The van der Waals surface area contributed by atoms with Gasteiger partial charge in [0.25, 0.3) is 0 Å². The summed E-state index contributed by atoms with van der Waals surface area (Å²) in [6, 6.07) is 7.44. The molecule has 0 saturated carbocycles. The van der Waals surface area contributed by atoms with Crippen LogP contribution in [0.15, 0.2) is 41.3 Å². The van der Waals surface area contributed by atoms with Gasteiger partial charge in [-0.05, 0) is 49.6 Å². The summed E-state index contributed by atoms with van der Waals surface area (Å²) in [6.07, 6.45) is 0. The lowest BCUT2D eigenvalue weighted by Crippen LogP contribution is -2.27. The molecule has 0 bridgehead atoms. The van der Waals surface area contributed by atoms with Crippen LogP contribution in [-0.4, -0.2) is 8.42 Å². The van der Waals surface area contributed by atoms with Crippen molar-refractivity contribution in [3.63, 3.8) is 0 Å². The Bertz CT molecular complexity index is 804. The summed E-state index contributed by atoms with van der Waals surface area (Å²) in [6.45, 7) is 5.56. The minimum absolute atomic E-state index is 0.534. The number of nitrogens with one attached hydrogen (secondary N) is 1. The van der Waals surface area contributed by atoms with Gasteiger partial charge >= 0.3 is 0 Å². The molecular weight excluding hydrogens is 308 g/mol. The molecule has 0 fully saturated rings. The van der Waals surface area contributed by atoms with Crippen molar-refractivity contribution in [3.8, 4) is 0 Å². The molecular formula is C16H17F2NO2S. The highest BCUT2D eigenvalue weighted by atomic mass is 32.2. The first-order valence-electron chi connectivity index (χ1n) is 6.75. The Morgan fingerprint density at radius 2 is 1.68 bits per heavy atom. The Morgan fingerprint density at radius 3 is 2.27 bits per heavy atom. The topological polar surface area (TPSA) is 46.2 Å². The maximum atomic E-state index is 13.7. The van der Waals surface area contributed by atoms with Gasteiger partial charge in [-0.15, -0.1) is 0 Å². The highest BCUT2D eigenvalue weighted by molar-refractivity contribution is 7.89. The zero-order valence-electron chi connectivity index (χ0n) is 12.5. The molecule has 1 unspecified atom stereocenters. The van der Waals surface area contributed by atoms with Crippen LogP contribution < -0.4 is 4.72 Å². The molecule has 2 aromatic carbocycles. The van der Waals surface area contributed by atoms with Crippen molar-refractivity contribution >= 4 is 10.0 Å². The summed E-state index contributed by atoms with van der Waals surface area (Å²) < 4.78 is 53.4. The highest BCUT2D eigenvalue weighted by Crippen LogP contribution is 2.21. The van der Waals surface area contributed by atoms with Crippen LogP contribution in [0.2, 0.25) is 0 Å². The first-order valence-corrected chi connectivity index (χ1v) is 8.23. The van der Waals surface area contributed by atoms with Crippen molar-refractivity contribution in [3.05, 3.63) is 64.7 Å². The van der Waals surface area contributed by atoms with Crippen LogP contribution in [0.3, 0.4) is 0 Å². The van der Waals surface area contributed by atoms with E-state index in [1.54, 1.807) is 6.92 Å². The monoisotopic (exact) mass is 325 g/mol. The molecule has 0 aliphatic carbocycles. The second-order valence-corrected chi connectivity index (χ2v) is 6.94. The molecule has 0 aliphatic rings. The SMILES string of the molecule is Cc1ccc(C(C)NS(=O)(=O)c2ccc(F)cc2F)cc1C. The smallest absolute Gasteiger partial charge is 0.207 e. The summed E-state index contributed by atoms with van der Waals surface area (Å²) >= 11 is 0. The van der Waals surface area contributed by atoms with Crippen LogP contribution >= 0.6 is 0 Å². The summed E-state index contributed by atoms with van der Waals surface area (Å²) in [7, 11) is -4.07. The van der Waals surface area contributed by atoms with Crippen molar-refractivity contribution in [1.82, 2.24) is 4.72 Å². The van der Waals surface area contributed by atoms with E-state index >= 15 is 0 Å². The third-order valence-corrected chi connectivity index (χ3v) is 5.12. The molecule has 0 radical (unpaired) electrons. The number of hydrogen-bond donors (Lipinski definition) is 1. The molecule has 0 saturated heterocycles. The van der Waals surface area contributed by atoms with Gasteiger partial charge in [0.2, 0.25) is 10.0 Å². The first-order chi connectivity index (χ1) is 10.2. The zero-order valence-corrected chi connectivity index (χ0v) is 13.3. The van der Waals surface area contributed by atoms with Crippen molar-refractivity contribution in [1.29, 1.82) is 0 Å². The van der Waals surface area contributed by atoms with E-state index in [0.717, 1.165) is 28.8 Å². The van der Waals surface area contributed by atoms with Gasteiger partial charge in [0.05, 0.1) is 0 Å². The highest BCUT2D eigenvalue weighted by Gasteiger charge is 2.22. The maximum Gasteiger partial charge on any atom is 0.244 e. The molecule has 0 heterocycles. The van der Waals surface area contributed by atoms with E-state index in [2.05, 4.69) is 4.72 Å². The molecule has 1 N–H and O–H groups in total. The van der Waals surface area contributed by atoms with Crippen LogP contribution in [0.4, 0.5) is 8.78 Å². The summed E-state index contributed by atoms with van der Waals surface area (Å²) in [5.74, 6) is -1.93. The summed E-state index contributed by atoms with van der Waals surface area (Å²) in [5.41, 5.74) is 2.91. The second kappa shape index (κ2) is 6.14. The van der Waals surface area contributed by atoms with Gasteiger partial charge in [0.1, 0.15) is 16.5 Å². The molecule has 0 amide bonds. The van der Waals surface area contributed by atoms with Crippen molar-refractivity contribution in [2.24, 2.45) is 0 Å². The first kappa shape index (κ1) is 16.6. The van der Waals surface area contributed by atoms with Crippen LogP contribution in [0.1, 0.15) is 29.7 Å². The van der Waals surface area contributed by atoms with E-state index in [9.17, 15) is 17.2 Å². The predicted octanol–water partition coefficient (Wildman–Crippen LogP) is 3.62. The van der Waals surface area contributed by atoms with E-state index in [4.69, 9.17) is 0 Å². The van der Waals surface area contributed by atoms with Crippen LogP contribution in [0.25, 0.3) is 0 Å². The average Bonchev–Trinajstić information content (AvgIpc) is 2.40. The van der Waals surface area contributed by atoms with E-state index in [-0.39, 0.29) is 0 Å². The largest absolute Gasteiger partial charge is 0.244 e. The fourth-order valence-electron chi connectivity index (χ4n) is 2.09. The van der Waals surface area contributed by atoms with Crippen LogP contribution in [0, 0.1) is 25.5 Å². The molecule has 3 nitrogen and oxygen atoms in total. The van der Waals surface area contributed by atoms with Gasteiger partial charge in [-0.25, -0.2) is 21.9 Å². The van der Waals surface area contributed by atoms with E-state index in [1.165, 1.54) is 0 Å². The lowest BCUT2D eigenvalue weighted by Gasteiger charge is -2.16. The maximum absolute atomic E-state index is 13.7. The Hall–Kier alpha value is -1.79. The van der Waals surface area contributed by atoms with Gasteiger partial charge in [0.15, 0.2) is 0 Å². The van der Waals surface area contributed by atoms with Gasteiger partial charge in [0, 0.05) is 12.1 Å². The molecule has 1 atom stereocenters. The normalized spacial score (nSPS) is 13.1. The van der Waals surface area contributed by atoms with Crippen LogP contribution in [-0.2, 0) is 10.0 Å². The third kappa shape index (κ3) is 3.51. The van der Waals surface area contributed by atoms with Gasteiger partial charge in [-0.1, -0.05) is 18.2 Å². The number of rotatable bonds is 4. The molecule has 0 aromatic heterocycles. The van der Waals surface area contributed by atoms with Crippen LogP contribution in [0.5, 0.6) is 0 Å². The summed E-state index contributed by atoms with van der Waals surface area (Å²) in [4.78, 5) is -0.565. The fraction of sp³-hybridized carbons (Fsp3) is 0.250. The number of benzene rings is 2. The molecule has 118 valence electrons. The number of hydrogen-bond acceptors (Lipinski definition) is 2. The standard InChI is InChI=1S/C16H17F2NO2S/c1-10-4-5-13(8-11(10)2)12(3)19-22(20,21)16-7-6-14(17)9-15(16)18/h4-9,12,19H,1-3H3. The van der Waals surface area contributed by atoms with E-state index in [1.807, 2.05) is 32.0 Å². The Morgan fingerprint density at radius 1 is 1.00 bits per heavy atom. The van der Waals surface area contributed by atoms with Gasteiger partial charge in [-0.3, -0.25) is 0 Å². The lowest BCUT2D eigenvalue weighted by atomic mass is 10.0. The summed E-state index contributed by atoms with van der Waals surface area (Å²) in [5, 5.41) is 0. The minimum atomic E-state index is -4.07. The zero-order chi connectivity index (χ0) is 16.5. The van der Waals surface area contributed by atoms with Crippen molar-refractivity contribution in [2.75, 3.05) is 0 Å². The molecule has 0 aliphatic heterocycles. The number of halogens is 2. The fourth-order valence-corrected chi connectivity index (χ4v) is 3.38. The second-order valence-electron chi connectivity index (χ2n) is 5.26. The molecule has 6 heteroatoms. The third-order valence-electron chi connectivity index (χ3n) is 3.55. The van der Waals surface area contributed by atoms with E-state index in [0.29, 0.717) is 6.07 Å². The van der Waals surface area contributed by atoms with Gasteiger partial charge < -0.3 is 0 Å². The minimum Gasteiger partial charge on any atom is -0.207 e. The Labute approximate surface area is 129 Å². The molecule has 2 aromatic rings.